The summed E-state index contributed by atoms with van der Waals surface area (Å²) in [5, 5.41) is 5.30. The number of carbonyl (C=O) groups excluding carboxylic acids is 1. The van der Waals surface area contributed by atoms with Crippen LogP contribution in [-0.2, 0) is 16.4 Å². The molecule has 1 atom stereocenters. The first-order valence-corrected chi connectivity index (χ1v) is 13.2. The lowest BCUT2D eigenvalue weighted by molar-refractivity contribution is 0.0589. The highest BCUT2D eigenvalue weighted by Gasteiger charge is 2.34. The minimum Gasteiger partial charge on any atom is -0.336 e. The molecule has 3 aromatic rings. The smallest absolute Gasteiger partial charge is 0.254 e. The lowest BCUT2D eigenvalue weighted by atomic mass is 10.1. The van der Waals surface area contributed by atoms with Crippen LogP contribution in [0.1, 0.15) is 33.6 Å². The predicted molar refractivity (Wildman–Crippen MR) is 127 cm³/mol. The molecular weight excluding hydrogens is 438 g/mol. The number of pyridine rings is 1. The predicted octanol–water partition coefficient (Wildman–Crippen LogP) is 2.04. The third-order valence-corrected chi connectivity index (χ3v) is 8.50. The van der Waals surface area contributed by atoms with Crippen molar-refractivity contribution in [3.8, 4) is 0 Å². The summed E-state index contributed by atoms with van der Waals surface area (Å²) in [5.41, 5.74) is 4.47. The average Bonchev–Trinajstić information content (AvgIpc) is 3.37. The summed E-state index contributed by atoms with van der Waals surface area (Å²) in [6, 6.07) is 10.3. The molecule has 2 saturated heterocycles. The Morgan fingerprint density at radius 3 is 2.48 bits per heavy atom. The first-order valence-electron chi connectivity index (χ1n) is 11.4. The molecule has 9 heteroatoms. The molecule has 0 aliphatic carbocycles. The lowest BCUT2D eigenvalue weighted by Crippen LogP contribution is -2.52. The Morgan fingerprint density at radius 1 is 1.09 bits per heavy atom. The van der Waals surface area contributed by atoms with Crippen molar-refractivity contribution in [1.82, 2.24) is 24.6 Å². The molecule has 0 radical (unpaired) electrons. The van der Waals surface area contributed by atoms with Gasteiger partial charge in [0.2, 0.25) is 0 Å². The molecule has 33 heavy (non-hydrogen) atoms. The normalized spacial score (nSPS) is 21.0. The Morgan fingerprint density at radius 2 is 1.82 bits per heavy atom. The number of aromatic nitrogens is 3. The van der Waals surface area contributed by atoms with Gasteiger partial charge in [-0.25, -0.2) is 18.1 Å². The zero-order chi connectivity index (χ0) is 23.2. The monoisotopic (exact) mass is 467 g/mol. The molecule has 0 saturated carbocycles. The van der Waals surface area contributed by atoms with Crippen LogP contribution in [0.2, 0.25) is 0 Å². The average molecular weight is 468 g/mol. The molecule has 2 fully saturated rings. The van der Waals surface area contributed by atoms with Crippen molar-refractivity contribution >= 4 is 26.8 Å². The van der Waals surface area contributed by atoms with Gasteiger partial charge in [0.1, 0.15) is 0 Å². The summed E-state index contributed by atoms with van der Waals surface area (Å²) in [5.74, 6) is 0.502. The first-order chi connectivity index (χ1) is 15.8. The van der Waals surface area contributed by atoms with Gasteiger partial charge in [-0.2, -0.15) is 5.10 Å². The van der Waals surface area contributed by atoms with Gasteiger partial charge in [-0.3, -0.25) is 9.69 Å². The molecule has 8 nitrogen and oxygen atoms in total. The topological polar surface area (TPSA) is 88.4 Å². The van der Waals surface area contributed by atoms with Crippen LogP contribution in [-0.4, -0.2) is 82.6 Å². The minimum absolute atomic E-state index is 0.0147. The Bertz CT molecular complexity index is 1290. The summed E-state index contributed by atoms with van der Waals surface area (Å²) in [7, 11) is -2.91. The molecule has 0 N–H and O–H groups in total. The molecule has 0 bridgehead atoms. The van der Waals surface area contributed by atoms with Gasteiger partial charge in [-0.1, -0.05) is 29.8 Å². The van der Waals surface area contributed by atoms with E-state index in [0.29, 0.717) is 50.4 Å². The van der Waals surface area contributed by atoms with E-state index in [0.717, 1.165) is 16.6 Å². The maximum atomic E-state index is 13.4. The molecule has 4 heterocycles. The fourth-order valence-corrected chi connectivity index (χ4v) is 6.62. The first kappa shape index (κ1) is 22.0. The standard InChI is InChI=1S/C24H29N5O3S/c1-17-3-5-19(6-4-17)15-29-23-22(14-25-29)21(13-18(2)26-23)24(30)28-10-8-27(9-11-28)20-7-12-33(31,32)16-20/h3-6,13-14,20H,7-12,15-16H2,1-2H3/t20-/m0/s1. The fraction of sp³-hybridized carbons (Fsp3) is 0.458. The van der Waals surface area contributed by atoms with E-state index in [1.54, 1.807) is 6.20 Å². The molecule has 1 aromatic carbocycles. The molecule has 0 unspecified atom stereocenters. The van der Waals surface area contributed by atoms with Crippen molar-refractivity contribution < 1.29 is 13.2 Å². The number of sulfone groups is 1. The maximum Gasteiger partial charge on any atom is 0.254 e. The fourth-order valence-electron chi connectivity index (χ4n) is 4.86. The van der Waals surface area contributed by atoms with Crippen molar-refractivity contribution in [2.75, 3.05) is 37.7 Å². The number of fused-ring (bicyclic) bond motifs is 1. The van der Waals surface area contributed by atoms with Gasteiger partial charge in [0.25, 0.3) is 5.91 Å². The molecular formula is C24H29N5O3S. The van der Waals surface area contributed by atoms with E-state index in [1.165, 1.54) is 5.56 Å². The Balaban J connectivity index is 1.34. The highest BCUT2D eigenvalue weighted by Crippen LogP contribution is 2.23. The largest absolute Gasteiger partial charge is 0.336 e. The number of amides is 1. The van der Waals surface area contributed by atoms with Crippen molar-refractivity contribution in [1.29, 1.82) is 0 Å². The van der Waals surface area contributed by atoms with Gasteiger partial charge in [-0.15, -0.1) is 0 Å². The molecule has 2 aliphatic rings. The maximum absolute atomic E-state index is 13.4. The molecule has 2 aliphatic heterocycles. The van der Waals surface area contributed by atoms with E-state index in [1.807, 2.05) is 22.6 Å². The summed E-state index contributed by atoms with van der Waals surface area (Å²) in [6.45, 7) is 7.14. The number of aryl methyl sites for hydroxylation is 2. The van der Waals surface area contributed by atoms with Crippen LogP contribution in [0.5, 0.6) is 0 Å². The minimum atomic E-state index is -2.91. The Hall–Kier alpha value is -2.78. The quantitative estimate of drug-likeness (QED) is 0.584. The van der Waals surface area contributed by atoms with Crippen LogP contribution in [0.3, 0.4) is 0 Å². The van der Waals surface area contributed by atoms with Crippen LogP contribution < -0.4 is 0 Å². The van der Waals surface area contributed by atoms with Gasteiger partial charge in [0, 0.05) is 37.9 Å². The summed E-state index contributed by atoms with van der Waals surface area (Å²) < 4.78 is 25.5. The van der Waals surface area contributed by atoms with Crippen LogP contribution in [0, 0.1) is 13.8 Å². The van der Waals surface area contributed by atoms with E-state index in [4.69, 9.17) is 0 Å². The van der Waals surface area contributed by atoms with Gasteiger partial charge in [0.15, 0.2) is 15.5 Å². The van der Waals surface area contributed by atoms with Gasteiger partial charge >= 0.3 is 0 Å². The van der Waals surface area contributed by atoms with E-state index in [-0.39, 0.29) is 23.5 Å². The van der Waals surface area contributed by atoms with Crippen molar-refractivity contribution in [2.24, 2.45) is 0 Å². The third kappa shape index (κ3) is 4.52. The van der Waals surface area contributed by atoms with Crippen molar-refractivity contribution in [2.45, 2.75) is 32.9 Å². The number of nitrogens with zero attached hydrogens (tertiary/aromatic N) is 5. The Kier molecular flexibility index (Phi) is 5.70. The van der Waals surface area contributed by atoms with E-state index in [9.17, 15) is 13.2 Å². The van der Waals surface area contributed by atoms with Crippen molar-refractivity contribution in [3.63, 3.8) is 0 Å². The number of carbonyl (C=O) groups is 1. The number of benzene rings is 1. The summed E-state index contributed by atoms with van der Waals surface area (Å²) in [4.78, 5) is 22.2. The molecule has 0 spiro atoms. The Labute approximate surface area is 194 Å². The molecule has 2 aromatic heterocycles. The van der Waals surface area contributed by atoms with Gasteiger partial charge in [0.05, 0.1) is 35.2 Å². The SMILES string of the molecule is Cc1ccc(Cn2ncc3c(C(=O)N4CCN([C@H]5CCS(=O)(=O)C5)CC4)cc(C)nc32)cc1. The zero-order valence-corrected chi connectivity index (χ0v) is 19.9. The van der Waals surface area contributed by atoms with Gasteiger partial charge < -0.3 is 4.90 Å². The molecule has 5 rings (SSSR count). The molecule has 174 valence electrons. The van der Waals surface area contributed by atoms with Crippen LogP contribution in [0.15, 0.2) is 36.5 Å². The number of hydrogen-bond acceptors (Lipinski definition) is 6. The third-order valence-electron chi connectivity index (χ3n) is 6.75. The number of piperazine rings is 1. The second-order valence-electron chi connectivity index (χ2n) is 9.22. The van der Waals surface area contributed by atoms with E-state index < -0.39 is 9.84 Å². The lowest BCUT2D eigenvalue weighted by Gasteiger charge is -2.37. The second kappa shape index (κ2) is 8.53. The van der Waals surface area contributed by atoms with Crippen LogP contribution >= 0.6 is 0 Å². The summed E-state index contributed by atoms with van der Waals surface area (Å²) >= 11 is 0. The van der Waals surface area contributed by atoms with E-state index in [2.05, 4.69) is 46.2 Å². The number of rotatable bonds is 4. The van der Waals surface area contributed by atoms with Crippen molar-refractivity contribution in [3.05, 3.63) is 58.9 Å². The highest BCUT2D eigenvalue weighted by molar-refractivity contribution is 7.91. The van der Waals surface area contributed by atoms with E-state index >= 15 is 0 Å². The summed E-state index contributed by atoms with van der Waals surface area (Å²) in [6.07, 6.45) is 2.43. The van der Waals surface area contributed by atoms with Gasteiger partial charge in [-0.05, 0) is 31.9 Å². The molecule has 1 amide bonds. The zero-order valence-electron chi connectivity index (χ0n) is 19.1. The van der Waals surface area contributed by atoms with Crippen LogP contribution in [0.4, 0.5) is 0 Å². The number of hydrogen-bond donors (Lipinski definition) is 0. The highest BCUT2D eigenvalue weighted by atomic mass is 32.2. The second-order valence-corrected chi connectivity index (χ2v) is 11.5. The van der Waals surface area contributed by atoms with Crippen LogP contribution in [0.25, 0.3) is 11.0 Å².